The van der Waals surface area contributed by atoms with Gasteiger partial charge in [-0.3, -0.25) is 9.59 Å². The Labute approximate surface area is 90.3 Å². The van der Waals surface area contributed by atoms with Gasteiger partial charge in [-0.1, -0.05) is 14.1 Å². The zero-order chi connectivity index (χ0) is 8.57. The van der Waals surface area contributed by atoms with Gasteiger partial charge < -0.3 is 22.1 Å². The van der Waals surface area contributed by atoms with E-state index in [0.717, 1.165) is 0 Å². The number of urea groups is 2. The van der Waals surface area contributed by atoms with Crippen LogP contribution in [-0.4, -0.2) is 26.2 Å². The van der Waals surface area contributed by atoms with E-state index in [9.17, 15) is 9.59 Å². The fraction of sp³-hybridized carbons (Fsp3) is 0.500. The second-order valence-electron chi connectivity index (χ2n) is 1.16. The number of hydrogen-bond acceptors (Lipinski definition) is 2. The summed E-state index contributed by atoms with van der Waals surface area (Å²) in [5.41, 5.74) is 12.2. The molecule has 0 saturated heterocycles. The smallest absolute Gasteiger partial charge is 0.149 e. The Kier molecular flexibility index (Phi) is 19.0. The van der Waals surface area contributed by atoms with Gasteiger partial charge in [0.15, 0.2) is 0 Å². The maximum Gasteiger partial charge on any atom is 0.149 e. The van der Waals surface area contributed by atoms with Crippen molar-refractivity contribution < 1.29 is 42.3 Å². The van der Waals surface area contributed by atoms with Gasteiger partial charge in [0.25, 0.3) is 0 Å². The summed E-state index contributed by atoms with van der Waals surface area (Å²) in [6.07, 6.45) is 0. The van der Waals surface area contributed by atoms with Crippen molar-refractivity contribution >= 4 is 12.1 Å². The molecule has 0 aromatic carbocycles. The van der Waals surface area contributed by atoms with Crippen LogP contribution in [0.1, 0.15) is 0 Å². The van der Waals surface area contributed by atoms with Crippen LogP contribution in [0.15, 0.2) is 0 Å². The van der Waals surface area contributed by atoms with Crippen molar-refractivity contribution in [3.05, 3.63) is 11.5 Å². The van der Waals surface area contributed by atoms with Gasteiger partial charge in [0.05, 0.1) is 0 Å². The molecule has 0 atom stereocenters. The van der Waals surface area contributed by atoms with Crippen LogP contribution < -0.4 is 10.6 Å². The summed E-state index contributed by atoms with van der Waals surface area (Å²) in [6.45, 7) is 0. The zero-order valence-corrected chi connectivity index (χ0v) is 9.23. The maximum atomic E-state index is 9.37. The van der Waals surface area contributed by atoms with Crippen LogP contribution in [0.5, 0.6) is 0 Å². The minimum atomic E-state index is -0.745. The van der Waals surface area contributed by atoms with E-state index in [-0.39, 0.29) is 32.7 Å². The van der Waals surface area contributed by atoms with Gasteiger partial charge in [0.1, 0.15) is 12.1 Å². The number of hydrogen-bond donors (Lipinski definition) is 2. The third-order valence-electron chi connectivity index (χ3n) is 0.454. The third-order valence-corrected chi connectivity index (χ3v) is 0.454. The van der Waals surface area contributed by atoms with Gasteiger partial charge in [-0.2, -0.15) is 0 Å². The van der Waals surface area contributed by atoms with Crippen LogP contribution in [0.3, 0.4) is 0 Å². The van der Waals surface area contributed by atoms with Crippen molar-refractivity contribution in [3.8, 4) is 0 Å². The molecule has 0 unspecified atom stereocenters. The first-order valence-corrected chi connectivity index (χ1v) is 2.41. The SMILES string of the molecule is CNC([NH-])=O.CNC([NH-])=O.[Y]. The molecule has 0 saturated carbocycles. The Bertz CT molecular complexity index is 105. The van der Waals surface area contributed by atoms with Crippen molar-refractivity contribution in [3.63, 3.8) is 0 Å². The molecular formula is C4H10N4O2Y-2. The summed E-state index contributed by atoms with van der Waals surface area (Å²) >= 11 is 0. The fourth-order valence-electron chi connectivity index (χ4n) is 0. The molecule has 0 heterocycles. The second-order valence-corrected chi connectivity index (χ2v) is 1.16. The Morgan fingerprint density at radius 3 is 1.09 bits per heavy atom. The number of nitrogens with one attached hydrogen (secondary N) is 4. The van der Waals surface area contributed by atoms with Gasteiger partial charge in [-0.15, -0.1) is 0 Å². The molecular weight excluding hydrogens is 225 g/mol. The Morgan fingerprint density at radius 2 is 1.09 bits per heavy atom. The van der Waals surface area contributed by atoms with Gasteiger partial charge in [0.2, 0.25) is 0 Å². The van der Waals surface area contributed by atoms with Crippen LogP contribution in [0.25, 0.3) is 11.5 Å². The van der Waals surface area contributed by atoms with E-state index in [1.165, 1.54) is 14.1 Å². The van der Waals surface area contributed by atoms with E-state index < -0.39 is 12.1 Å². The molecule has 1 radical (unpaired) electrons. The van der Waals surface area contributed by atoms with Gasteiger partial charge in [-0.25, -0.2) is 0 Å². The molecule has 0 fully saturated rings. The fourth-order valence-corrected chi connectivity index (χ4v) is 0. The summed E-state index contributed by atoms with van der Waals surface area (Å²) in [6, 6.07) is -1.49. The molecule has 0 aliphatic carbocycles. The Hall–Kier alpha value is -0.356. The standard InChI is InChI=1S/2C2H6N2O.Y/c2*1-4-2(3)5;/h2*1H3,(H3,3,4,5);/p-2. The minimum absolute atomic E-state index is 0. The topological polar surface area (TPSA) is 106 Å². The molecule has 0 aromatic heterocycles. The van der Waals surface area contributed by atoms with E-state index >= 15 is 0 Å². The molecule has 0 aliphatic rings. The van der Waals surface area contributed by atoms with E-state index in [2.05, 4.69) is 10.6 Å². The summed E-state index contributed by atoms with van der Waals surface area (Å²) in [5, 5.41) is 4.11. The first-order valence-electron chi connectivity index (χ1n) is 2.41. The quantitative estimate of drug-likeness (QED) is 0.646. The molecule has 4 amide bonds. The first kappa shape index (κ1) is 16.9. The van der Waals surface area contributed by atoms with Crippen molar-refractivity contribution in [1.82, 2.24) is 10.6 Å². The molecule has 0 bridgehead atoms. The van der Waals surface area contributed by atoms with Gasteiger partial charge in [0, 0.05) is 32.7 Å². The largest absolute Gasteiger partial charge is 0.453 e. The van der Waals surface area contributed by atoms with E-state index in [4.69, 9.17) is 11.5 Å². The summed E-state index contributed by atoms with van der Waals surface area (Å²) < 4.78 is 0. The first-order chi connectivity index (χ1) is 4.54. The second kappa shape index (κ2) is 12.3. The minimum Gasteiger partial charge on any atom is -0.453 e. The van der Waals surface area contributed by atoms with Gasteiger partial charge in [-0.05, 0) is 0 Å². The molecule has 0 aromatic rings. The predicted molar refractivity (Wildman–Crippen MR) is 37.6 cm³/mol. The van der Waals surface area contributed by atoms with Crippen molar-refractivity contribution in [2.45, 2.75) is 0 Å². The predicted octanol–water partition coefficient (Wildman–Crippen LogP) is 0.754. The zero-order valence-electron chi connectivity index (χ0n) is 6.39. The monoisotopic (exact) mass is 235 g/mol. The molecule has 11 heavy (non-hydrogen) atoms. The summed E-state index contributed by atoms with van der Waals surface area (Å²) in [4.78, 5) is 18.7. The molecule has 0 rings (SSSR count). The molecule has 7 heteroatoms. The molecule has 0 spiro atoms. The third kappa shape index (κ3) is 42.4. The van der Waals surface area contributed by atoms with Crippen LogP contribution >= 0.6 is 0 Å². The van der Waals surface area contributed by atoms with Crippen LogP contribution in [0.4, 0.5) is 9.59 Å². The summed E-state index contributed by atoms with van der Waals surface area (Å²) in [5.74, 6) is 0. The van der Waals surface area contributed by atoms with Crippen LogP contribution in [0, 0.1) is 0 Å². The van der Waals surface area contributed by atoms with Crippen LogP contribution in [-0.2, 0) is 32.7 Å². The van der Waals surface area contributed by atoms with E-state index in [1.807, 2.05) is 0 Å². The number of rotatable bonds is 0. The normalized spacial score (nSPS) is 6.00. The van der Waals surface area contributed by atoms with E-state index in [1.54, 1.807) is 0 Å². The Balaban J connectivity index is -0.000000107. The number of amides is 4. The summed E-state index contributed by atoms with van der Waals surface area (Å²) in [7, 11) is 2.82. The van der Waals surface area contributed by atoms with Crippen molar-refractivity contribution in [2.75, 3.05) is 14.1 Å². The van der Waals surface area contributed by atoms with E-state index in [0.29, 0.717) is 0 Å². The van der Waals surface area contributed by atoms with Gasteiger partial charge >= 0.3 is 0 Å². The molecule has 6 nitrogen and oxygen atoms in total. The van der Waals surface area contributed by atoms with Crippen LogP contribution in [0.2, 0.25) is 0 Å². The number of carbonyl (C=O) groups excluding carboxylic acids is 2. The molecule has 0 aliphatic heterocycles. The molecule has 4 N–H and O–H groups in total. The molecule has 63 valence electrons. The average molecular weight is 235 g/mol. The average Bonchev–Trinajstić information content (AvgIpc) is 1.89. The Morgan fingerprint density at radius 1 is 1.00 bits per heavy atom. The van der Waals surface area contributed by atoms with Crippen molar-refractivity contribution in [2.24, 2.45) is 0 Å². The maximum absolute atomic E-state index is 9.37. The number of carbonyl (C=O) groups is 2. The van der Waals surface area contributed by atoms with Crippen molar-refractivity contribution in [1.29, 1.82) is 0 Å².